The Bertz CT molecular complexity index is 431. The largest absolute Gasteiger partial charge is 0.478 e. The minimum Gasteiger partial charge on any atom is -0.478 e. The van der Waals surface area contributed by atoms with Gasteiger partial charge in [-0.1, -0.05) is 0 Å². The zero-order valence-electron chi connectivity index (χ0n) is 10.1. The number of aromatic nitrogens is 1. The summed E-state index contributed by atoms with van der Waals surface area (Å²) >= 11 is 0. The second kappa shape index (κ2) is 5.68. The predicted octanol–water partition coefficient (Wildman–Crippen LogP) is 1.34. The lowest BCUT2D eigenvalue weighted by Gasteiger charge is -2.11. The van der Waals surface area contributed by atoms with Crippen LogP contribution in [-0.4, -0.2) is 35.3 Å². The van der Waals surface area contributed by atoms with Gasteiger partial charge in [0.15, 0.2) is 0 Å². The van der Waals surface area contributed by atoms with Crippen LogP contribution in [-0.2, 0) is 4.74 Å². The molecule has 0 saturated carbocycles. The second-order valence-electron chi connectivity index (χ2n) is 4.31. The van der Waals surface area contributed by atoms with E-state index in [0.717, 1.165) is 25.9 Å². The fraction of sp³-hybridized carbons (Fsp3) is 0.500. The van der Waals surface area contributed by atoms with Gasteiger partial charge in [0.05, 0.1) is 23.6 Å². The van der Waals surface area contributed by atoms with Gasteiger partial charge < -0.3 is 20.9 Å². The normalized spacial score (nSPS) is 18.8. The first-order valence-electron chi connectivity index (χ1n) is 6.01. The molecule has 0 radical (unpaired) electrons. The van der Waals surface area contributed by atoms with E-state index < -0.39 is 5.97 Å². The topological polar surface area (TPSA) is 97.5 Å². The average Bonchev–Trinajstić information content (AvgIpc) is 2.84. The van der Waals surface area contributed by atoms with Gasteiger partial charge in [0.1, 0.15) is 5.82 Å². The van der Waals surface area contributed by atoms with Crippen LogP contribution in [0.15, 0.2) is 12.3 Å². The molecule has 0 bridgehead atoms. The molecular formula is C12H17N3O3. The Morgan fingerprint density at radius 3 is 3.17 bits per heavy atom. The maximum atomic E-state index is 10.9. The van der Waals surface area contributed by atoms with Crippen LogP contribution in [0.4, 0.5) is 11.5 Å². The zero-order chi connectivity index (χ0) is 13.0. The summed E-state index contributed by atoms with van der Waals surface area (Å²) in [5.41, 5.74) is 5.77. The second-order valence-corrected chi connectivity index (χ2v) is 4.31. The van der Waals surface area contributed by atoms with Crippen molar-refractivity contribution >= 4 is 17.5 Å². The van der Waals surface area contributed by atoms with Crippen LogP contribution in [0, 0.1) is 0 Å². The van der Waals surface area contributed by atoms with E-state index in [-0.39, 0.29) is 11.3 Å². The van der Waals surface area contributed by atoms with Crippen molar-refractivity contribution in [3.05, 3.63) is 17.8 Å². The molecular weight excluding hydrogens is 234 g/mol. The summed E-state index contributed by atoms with van der Waals surface area (Å²) in [6, 6.07) is 1.45. The van der Waals surface area contributed by atoms with Gasteiger partial charge in [-0.05, 0) is 25.3 Å². The quantitative estimate of drug-likeness (QED) is 0.730. The molecule has 1 aliphatic rings. The van der Waals surface area contributed by atoms with E-state index in [1.807, 2.05) is 0 Å². The molecule has 1 saturated heterocycles. The SMILES string of the molecule is Nc1cnc(NCCC2CCCO2)cc1C(=O)O. The molecule has 0 aliphatic carbocycles. The number of nitrogens with two attached hydrogens (primary N) is 1. The molecule has 0 aromatic carbocycles. The van der Waals surface area contributed by atoms with Crippen molar-refractivity contribution in [2.75, 3.05) is 24.2 Å². The highest BCUT2D eigenvalue weighted by molar-refractivity contribution is 5.94. The highest BCUT2D eigenvalue weighted by Crippen LogP contribution is 2.17. The van der Waals surface area contributed by atoms with Crippen molar-refractivity contribution in [2.45, 2.75) is 25.4 Å². The molecule has 6 heteroatoms. The van der Waals surface area contributed by atoms with Crippen molar-refractivity contribution < 1.29 is 14.6 Å². The van der Waals surface area contributed by atoms with E-state index in [1.54, 1.807) is 0 Å². The van der Waals surface area contributed by atoms with Crippen LogP contribution in [0.1, 0.15) is 29.6 Å². The summed E-state index contributed by atoms with van der Waals surface area (Å²) in [6.45, 7) is 1.55. The number of pyridine rings is 1. The van der Waals surface area contributed by atoms with Gasteiger partial charge in [-0.15, -0.1) is 0 Å². The Kier molecular flexibility index (Phi) is 3.99. The minimum atomic E-state index is -1.04. The molecule has 18 heavy (non-hydrogen) atoms. The first-order valence-corrected chi connectivity index (χ1v) is 6.01. The number of rotatable bonds is 5. The summed E-state index contributed by atoms with van der Waals surface area (Å²) in [5, 5.41) is 12.0. The number of ether oxygens (including phenoxy) is 1. The number of aromatic carboxylic acids is 1. The van der Waals surface area contributed by atoms with E-state index in [2.05, 4.69) is 10.3 Å². The molecule has 2 heterocycles. The van der Waals surface area contributed by atoms with Crippen molar-refractivity contribution in [1.82, 2.24) is 4.98 Å². The number of nitrogen functional groups attached to an aromatic ring is 1. The van der Waals surface area contributed by atoms with Crippen LogP contribution >= 0.6 is 0 Å². The standard InChI is InChI=1S/C12H17N3O3/c13-10-7-15-11(6-9(10)12(16)17)14-4-3-8-2-1-5-18-8/h6-8H,1-5,13H2,(H,14,15)(H,16,17). The number of hydrogen-bond donors (Lipinski definition) is 3. The van der Waals surface area contributed by atoms with E-state index in [4.69, 9.17) is 15.6 Å². The molecule has 1 aliphatic heterocycles. The number of anilines is 2. The third-order valence-electron chi connectivity index (χ3n) is 2.96. The smallest absolute Gasteiger partial charge is 0.337 e. The van der Waals surface area contributed by atoms with Crippen LogP contribution in [0.3, 0.4) is 0 Å². The first kappa shape index (κ1) is 12.6. The monoisotopic (exact) mass is 251 g/mol. The molecule has 6 nitrogen and oxygen atoms in total. The maximum absolute atomic E-state index is 10.9. The number of carboxylic acid groups (broad SMARTS) is 1. The average molecular weight is 251 g/mol. The Morgan fingerprint density at radius 1 is 1.67 bits per heavy atom. The van der Waals surface area contributed by atoms with Gasteiger partial charge in [0, 0.05) is 13.2 Å². The molecule has 1 aromatic rings. The molecule has 1 aromatic heterocycles. The number of carboxylic acids is 1. The third-order valence-corrected chi connectivity index (χ3v) is 2.96. The van der Waals surface area contributed by atoms with Gasteiger partial charge >= 0.3 is 5.97 Å². The molecule has 0 amide bonds. The Morgan fingerprint density at radius 2 is 2.50 bits per heavy atom. The molecule has 1 atom stereocenters. The van der Waals surface area contributed by atoms with E-state index >= 15 is 0 Å². The molecule has 1 unspecified atom stereocenters. The fourth-order valence-electron chi connectivity index (χ4n) is 1.98. The lowest BCUT2D eigenvalue weighted by atomic mass is 10.2. The molecule has 1 fully saturated rings. The van der Waals surface area contributed by atoms with Gasteiger partial charge in [-0.25, -0.2) is 9.78 Å². The van der Waals surface area contributed by atoms with Gasteiger partial charge in [-0.3, -0.25) is 0 Å². The van der Waals surface area contributed by atoms with Gasteiger partial charge in [-0.2, -0.15) is 0 Å². The molecule has 98 valence electrons. The minimum absolute atomic E-state index is 0.0737. The van der Waals surface area contributed by atoms with E-state index in [1.165, 1.54) is 12.3 Å². The maximum Gasteiger partial charge on any atom is 0.337 e. The zero-order valence-corrected chi connectivity index (χ0v) is 10.1. The van der Waals surface area contributed by atoms with Gasteiger partial charge in [0.2, 0.25) is 0 Å². The number of hydrogen-bond acceptors (Lipinski definition) is 5. The van der Waals surface area contributed by atoms with Crippen molar-refractivity contribution in [2.24, 2.45) is 0 Å². The predicted molar refractivity (Wildman–Crippen MR) is 67.7 cm³/mol. The summed E-state index contributed by atoms with van der Waals surface area (Å²) in [4.78, 5) is 14.9. The molecule has 4 N–H and O–H groups in total. The van der Waals surface area contributed by atoms with Crippen LogP contribution < -0.4 is 11.1 Å². The Balaban J connectivity index is 1.88. The summed E-state index contributed by atoms with van der Waals surface area (Å²) in [7, 11) is 0. The van der Waals surface area contributed by atoms with Crippen molar-refractivity contribution in [3.8, 4) is 0 Å². The number of nitrogens with one attached hydrogen (secondary N) is 1. The van der Waals surface area contributed by atoms with Crippen molar-refractivity contribution in [3.63, 3.8) is 0 Å². The lowest BCUT2D eigenvalue weighted by Crippen LogP contribution is -2.13. The van der Waals surface area contributed by atoms with E-state index in [0.29, 0.717) is 18.5 Å². The summed E-state index contributed by atoms with van der Waals surface area (Å²) < 4.78 is 5.50. The van der Waals surface area contributed by atoms with Crippen LogP contribution in [0.5, 0.6) is 0 Å². The Labute approximate surface area is 105 Å². The number of carbonyl (C=O) groups is 1. The van der Waals surface area contributed by atoms with Crippen LogP contribution in [0.2, 0.25) is 0 Å². The first-order chi connectivity index (χ1) is 8.66. The summed E-state index contributed by atoms with van der Waals surface area (Å²) in [6.07, 6.45) is 4.78. The van der Waals surface area contributed by atoms with Gasteiger partial charge in [0.25, 0.3) is 0 Å². The lowest BCUT2D eigenvalue weighted by molar-refractivity contribution is 0.0698. The highest BCUT2D eigenvalue weighted by Gasteiger charge is 2.15. The fourth-order valence-corrected chi connectivity index (χ4v) is 1.98. The van der Waals surface area contributed by atoms with E-state index in [9.17, 15) is 4.79 Å². The number of nitrogens with zero attached hydrogens (tertiary/aromatic N) is 1. The molecule has 0 spiro atoms. The highest BCUT2D eigenvalue weighted by atomic mass is 16.5. The third kappa shape index (κ3) is 3.10. The van der Waals surface area contributed by atoms with Crippen molar-refractivity contribution in [1.29, 1.82) is 0 Å². The summed E-state index contributed by atoms with van der Waals surface area (Å²) in [5.74, 6) is -0.517. The molecule has 2 rings (SSSR count). The Hall–Kier alpha value is -1.82. The van der Waals surface area contributed by atoms with Crippen LogP contribution in [0.25, 0.3) is 0 Å².